The van der Waals surface area contributed by atoms with Gasteiger partial charge in [0.05, 0.1) is 0 Å². The number of rotatable bonds is 4. The van der Waals surface area contributed by atoms with Crippen molar-refractivity contribution in [3.05, 3.63) is 58.6 Å². The van der Waals surface area contributed by atoms with E-state index in [0.29, 0.717) is 22.3 Å². The van der Waals surface area contributed by atoms with E-state index in [2.05, 4.69) is 24.5 Å². The second kappa shape index (κ2) is 6.64. The van der Waals surface area contributed by atoms with Crippen molar-refractivity contribution in [1.82, 2.24) is 0 Å². The maximum atomic E-state index is 12.3. The fourth-order valence-corrected chi connectivity index (χ4v) is 2.19. The highest BCUT2D eigenvalue weighted by molar-refractivity contribution is 6.30. The van der Waals surface area contributed by atoms with Crippen molar-refractivity contribution in [2.24, 2.45) is 0 Å². The Hall–Kier alpha value is -2.00. The highest BCUT2D eigenvalue weighted by atomic mass is 35.5. The second-order valence-electron chi connectivity index (χ2n) is 5.29. The molecule has 2 rings (SSSR count). The Labute approximate surface area is 130 Å². The Kier molecular flexibility index (Phi) is 4.86. The SMILES string of the molecule is Cc1ccc(C(=O)Nc2cccc(Cl)c2)cc1NC(C)C. The van der Waals surface area contributed by atoms with Crippen LogP contribution in [0.2, 0.25) is 5.02 Å². The van der Waals surface area contributed by atoms with Crippen molar-refractivity contribution in [1.29, 1.82) is 0 Å². The molecule has 0 fully saturated rings. The third-order valence-corrected chi connectivity index (χ3v) is 3.26. The first-order valence-electron chi connectivity index (χ1n) is 6.90. The van der Waals surface area contributed by atoms with Crippen LogP contribution in [-0.2, 0) is 0 Å². The lowest BCUT2D eigenvalue weighted by Gasteiger charge is -2.14. The van der Waals surface area contributed by atoms with Gasteiger partial charge in [-0.1, -0.05) is 23.7 Å². The van der Waals surface area contributed by atoms with E-state index < -0.39 is 0 Å². The average Bonchev–Trinajstić information content (AvgIpc) is 2.40. The molecule has 2 aromatic rings. The van der Waals surface area contributed by atoms with Crippen molar-refractivity contribution >= 4 is 28.9 Å². The normalized spacial score (nSPS) is 10.5. The highest BCUT2D eigenvalue weighted by Gasteiger charge is 2.09. The summed E-state index contributed by atoms with van der Waals surface area (Å²) in [7, 11) is 0. The van der Waals surface area contributed by atoms with Crippen LogP contribution >= 0.6 is 11.6 Å². The Morgan fingerprint density at radius 1 is 1.14 bits per heavy atom. The van der Waals surface area contributed by atoms with Gasteiger partial charge in [0.2, 0.25) is 0 Å². The summed E-state index contributed by atoms with van der Waals surface area (Å²) in [4.78, 5) is 12.3. The van der Waals surface area contributed by atoms with Crippen LogP contribution in [0.4, 0.5) is 11.4 Å². The first-order valence-corrected chi connectivity index (χ1v) is 7.27. The van der Waals surface area contributed by atoms with Gasteiger partial charge in [-0.05, 0) is 56.7 Å². The van der Waals surface area contributed by atoms with Crippen molar-refractivity contribution in [3.8, 4) is 0 Å². The van der Waals surface area contributed by atoms with Gasteiger partial charge >= 0.3 is 0 Å². The molecule has 0 bridgehead atoms. The molecule has 2 N–H and O–H groups in total. The first kappa shape index (κ1) is 15.4. The predicted molar refractivity (Wildman–Crippen MR) is 89.3 cm³/mol. The lowest BCUT2D eigenvalue weighted by atomic mass is 10.1. The van der Waals surface area contributed by atoms with Gasteiger partial charge < -0.3 is 10.6 Å². The molecule has 0 radical (unpaired) electrons. The molecule has 3 nitrogen and oxygen atoms in total. The molecule has 110 valence electrons. The molecule has 1 amide bonds. The summed E-state index contributed by atoms with van der Waals surface area (Å²) in [6.45, 7) is 6.15. The molecule has 0 saturated heterocycles. The quantitative estimate of drug-likeness (QED) is 0.858. The van der Waals surface area contributed by atoms with Crippen LogP contribution in [0.3, 0.4) is 0 Å². The molecule has 0 atom stereocenters. The number of aryl methyl sites for hydroxylation is 1. The van der Waals surface area contributed by atoms with E-state index in [1.54, 1.807) is 18.2 Å². The largest absolute Gasteiger partial charge is 0.383 e. The molecule has 0 aliphatic carbocycles. The topological polar surface area (TPSA) is 41.1 Å². The Morgan fingerprint density at radius 2 is 1.90 bits per heavy atom. The summed E-state index contributed by atoms with van der Waals surface area (Å²) in [6.07, 6.45) is 0. The lowest BCUT2D eigenvalue weighted by molar-refractivity contribution is 0.102. The van der Waals surface area contributed by atoms with Gasteiger partial charge in [0.15, 0.2) is 0 Å². The minimum absolute atomic E-state index is 0.149. The molecule has 0 aromatic heterocycles. The van der Waals surface area contributed by atoms with Gasteiger partial charge in [-0.2, -0.15) is 0 Å². The Morgan fingerprint density at radius 3 is 2.57 bits per heavy atom. The number of carbonyl (C=O) groups is 1. The third-order valence-electron chi connectivity index (χ3n) is 3.03. The van der Waals surface area contributed by atoms with E-state index in [1.807, 2.05) is 31.2 Å². The molecular weight excluding hydrogens is 284 g/mol. The van der Waals surface area contributed by atoms with Crippen LogP contribution in [0.25, 0.3) is 0 Å². The summed E-state index contributed by atoms with van der Waals surface area (Å²) < 4.78 is 0. The van der Waals surface area contributed by atoms with Crippen LogP contribution in [0.15, 0.2) is 42.5 Å². The van der Waals surface area contributed by atoms with Gasteiger partial charge in [-0.3, -0.25) is 4.79 Å². The molecule has 0 heterocycles. The zero-order valence-electron chi connectivity index (χ0n) is 12.4. The maximum absolute atomic E-state index is 12.3. The monoisotopic (exact) mass is 302 g/mol. The van der Waals surface area contributed by atoms with Crippen molar-refractivity contribution in [2.75, 3.05) is 10.6 Å². The number of benzene rings is 2. The number of carbonyl (C=O) groups excluding carboxylic acids is 1. The van der Waals surface area contributed by atoms with Gasteiger partial charge in [0, 0.05) is 28.0 Å². The van der Waals surface area contributed by atoms with Crippen molar-refractivity contribution in [3.63, 3.8) is 0 Å². The van der Waals surface area contributed by atoms with Crippen LogP contribution in [0.5, 0.6) is 0 Å². The lowest BCUT2D eigenvalue weighted by Crippen LogP contribution is -2.14. The van der Waals surface area contributed by atoms with Gasteiger partial charge in [-0.25, -0.2) is 0 Å². The van der Waals surface area contributed by atoms with Gasteiger partial charge in [0.25, 0.3) is 5.91 Å². The fourth-order valence-electron chi connectivity index (χ4n) is 2.00. The zero-order valence-corrected chi connectivity index (χ0v) is 13.2. The average molecular weight is 303 g/mol. The number of nitrogens with one attached hydrogen (secondary N) is 2. The third kappa shape index (κ3) is 4.23. The molecule has 4 heteroatoms. The maximum Gasteiger partial charge on any atom is 0.255 e. The summed E-state index contributed by atoms with van der Waals surface area (Å²) >= 11 is 5.92. The van der Waals surface area contributed by atoms with Crippen LogP contribution in [0.1, 0.15) is 29.8 Å². The first-order chi connectivity index (χ1) is 9.95. The summed E-state index contributed by atoms with van der Waals surface area (Å²) in [5, 5.41) is 6.78. The van der Waals surface area contributed by atoms with Gasteiger partial charge in [0.1, 0.15) is 0 Å². The van der Waals surface area contributed by atoms with E-state index in [1.165, 1.54) is 0 Å². The van der Waals surface area contributed by atoms with E-state index in [0.717, 1.165) is 11.3 Å². The number of hydrogen-bond acceptors (Lipinski definition) is 2. The molecule has 0 unspecified atom stereocenters. The number of amides is 1. The summed E-state index contributed by atoms with van der Waals surface area (Å²) in [6, 6.07) is 13.1. The zero-order chi connectivity index (χ0) is 15.4. The molecule has 2 aromatic carbocycles. The Balaban J connectivity index is 2.19. The second-order valence-corrected chi connectivity index (χ2v) is 5.73. The van der Waals surface area contributed by atoms with E-state index in [-0.39, 0.29) is 5.91 Å². The fraction of sp³-hybridized carbons (Fsp3) is 0.235. The van der Waals surface area contributed by atoms with Crippen molar-refractivity contribution in [2.45, 2.75) is 26.8 Å². The Bertz CT molecular complexity index is 653. The van der Waals surface area contributed by atoms with E-state index >= 15 is 0 Å². The molecular formula is C17H19ClN2O. The van der Waals surface area contributed by atoms with Gasteiger partial charge in [-0.15, -0.1) is 0 Å². The molecule has 21 heavy (non-hydrogen) atoms. The van der Waals surface area contributed by atoms with Crippen LogP contribution < -0.4 is 10.6 Å². The molecule has 0 spiro atoms. The van der Waals surface area contributed by atoms with Crippen molar-refractivity contribution < 1.29 is 4.79 Å². The minimum atomic E-state index is -0.149. The smallest absolute Gasteiger partial charge is 0.255 e. The number of anilines is 2. The molecule has 0 aliphatic rings. The molecule has 0 aliphatic heterocycles. The highest BCUT2D eigenvalue weighted by Crippen LogP contribution is 2.20. The predicted octanol–water partition coefficient (Wildman–Crippen LogP) is 4.72. The molecule has 0 saturated carbocycles. The van der Waals surface area contributed by atoms with Crippen LogP contribution in [0, 0.1) is 6.92 Å². The number of halogens is 1. The van der Waals surface area contributed by atoms with E-state index in [4.69, 9.17) is 11.6 Å². The number of hydrogen-bond donors (Lipinski definition) is 2. The summed E-state index contributed by atoms with van der Waals surface area (Å²) in [5.74, 6) is -0.149. The summed E-state index contributed by atoms with van der Waals surface area (Å²) in [5.41, 5.74) is 3.39. The standard InChI is InChI=1S/C17H19ClN2O/c1-11(2)19-16-9-13(8-7-12(16)3)17(21)20-15-6-4-5-14(18)10-15/h4-11,19H,1-3H3,(H,20,21). The van der Waals surface area contributed by atoms with E-state index in [9.17, 15) is 4.79 Å². The van der Waals surface area contributed by atoms with Crippen LogP contribution in [-0.4, -0.2) is 11.9 Å². The minimum Gasteiger partial charge on any atom is -0.383 e.